The molecule has 2 aliphatic rings. The van der Waals surface area contributed by atoms with E-state index in [0.29, 0.717) is 0 Å². The SMILES string of the molecule is CC1=[N+](c2ccccc2Cl)C2[N+](c3ccccc3Cl)=C(C)c3cccc1[n+]32. The fraction of sp³-hybridized carbons (Fsp3) is 0.136. The Morgan fingerprint density at radius 1 is 0.630 bits per heavy atom. The number of pyridine rings is 1. The van der Waals surface area contributed by atoms with Gasteiger partial charge in [0, 0.05) is 38.1 Å². The van der Waals surface area contributed by atoms with Crippen LogP contribution in [0.15, 0.2) is 66.7 Å². The molecule has 0 aliphatic carbocycles. The minimum Gasteiger partial charge on any atom is -0.0770 e. The molecule has 27 heavy (non-hydrogen) atoms. The Morgan fingerprint density at radius 2 is 1.07 bits per heavy atom. The molecule has 0 amide bonds. The summed E-state index contributed by atoms with van der Waals surface area (Å²) in [5.41, 5.74) is 6.68. The van der Waals surface area contributed by atoms with E-state index >= 15 is 0 Å². The van der Waals surface area contributed by atoms with Crippen LogP contribution in [-0.4, -0.2) is 20.6 Å². The van der Waals surface area contributed by atoms with Crippen LogP contribution >= 0.6 is 23.2 Å². The molecule has 1 aromatic heterocycles. The highest BCUT2D eigenvalue weighted by molar-refractivity contribution is 6.33. The molecule has 132 valence electrons. The van der Waals surface area contributed by atoms with Gasteiger partial charge in [0.25, 0.3) is 22.8 Å². The largest absolute Gasteiger partial charge is 0.555 e. The van der Waals surface area contributed by atoms with Gasteiger partial charge in [0.05, 0.1) is 0 Å². The van der Waals surface area contributed by atoms with Gasteiger partial charge in [-0.05, 0) is 18.2 Å². The first-order valence-electron chi connectivity index (χ1n) is 8.89. The molecule has 2 aromatic carbocycles. The summed E-state index contributed by atoms with van der Waals surface area (Å²) >= 11 is 13.2. The summed E-state index contributed by atoms with van der Waals surface area (Å²) in [6, 6.07) is 22.4. The van der Waals surface area contributed by atoms with Gasteiger partial charge in [-0.2, -0.15) is 0 Å². The Balaban J connectivity index is 1.84. The van der Waals surface area contributed by atoms with Crippen molar-refractivity contribution in [3.05, 3.63) is 88.2 Å². The van der Waals surface area contributed by atoms with Crippen LogP contribution in [0, 0.1) is 0 Å². The average Bonchev–Trinajstić information content (AvgIpc) is 3.12. The first-order valence-corrected chi connectivity index (χ1v) is 9.65. The van der Waals surface area contributed by atoms with Crippen molar-refractivity contribution in [1.29, 1.82) is 0 Å². The first-order chi connectivity index (χ1) is 13.1. The van der Waals surface area contributed by atoms with E-state index in [0.717, 1.165) is 21.4 Å². The monoisotopic (exact) mass is 394 g/mol. The van der Waals surface area contributed by atoms with Crippen molar-refractivity contribution >= 4 is 46.0 Å². The van der Waals surface area contributed by atoms with E-state index in [-0.39, 0.29) is 6.29 Å². The van der Waals surface area contributed by atoms with Crippen molar-refractivity contribution in [1.82, 2.24) is 0 Å². The van der Waals surface area contributed by atoms with Crippen LogP contribution < -0.4 is 4.57 Å². The first kappa shape index (κ1) is 16.7. The fourth-order valence-electron chi connectivity index (χ4n) is 4.20. The predicted octanol–water partition coefficient (Wildman–Crippen LogP) is 5.07. The highest BCUT2D eigenvalue weighted by atomic mass is 35.5. The summed E-state index contributed by atoms with van der Waals surface area (Å²) < 4.78 is 6.94. The van der Waals surface area contributed by atoms with Gasteiger partial charge < -0.3 is 0 Å². The number of aromatic nitrogens is 1. The molecule has 0 bridgehead atoms. The lowest BCUT2D eigenvalue weighted by Crippen LogP contribution is -2.44. The number of rotatable bonds is 2. The van der Waals surface area contributed by atoms with Crippen LogP contribution in [0.3, 0.4) is 0 Å². The van der Waals surface area contributed by atoms with E-state index < -0.39 is 0 Å². The molecule has 0 radical (unpaired) electrons. The zero-order chi connectivity index (χ0) is 18.7. The minimum absolute atomic E-state index is 0.0731. The third-order valence-corrected chi connectivity index (χ3v) is 6.05. The Hall–Kier alpha value is -2.49. The van der Waals surface area contributed by atoms with Crippen molar-refractivity contribution in [2.24, 2.45) is 0 Å². The second kappa shape index (κ2) is 6.01. The van der Waals surface area contributed by atoms with E-state index in [9.17, 15) is 0 Å². The minimum atomic E-state index is -0.0731. The molecule has 0 saturated carbocycles. The summed E-state index contributed by atoms with van der Waals surface area (Å²) in [6.07, 6.45) is -0.0731. The molecule has 3 aromatic rings. The highest BCUT2D eigenvalue weighted by Crippen LogP contribution is 2.38. The third kappa shape index (κ3) is 2.25. The van der Waals surface area contributed by atoms with E-state index in [4.69, 9.17) is 23.2 Å². The topological polar surface area (TPSA) is 9.90 Å². The Kier molecular flexibility index (Phi) is 3.71. The third-order valence-electron chi connectivity index (χ3n) is 5.41. The van der Waals surface area contributed by atoms with Crippen molar-refractivity contribution < 1.29 is 13.7 Å². The quantitative estimate of drug-likeness (QED) is 0.537. The second-order valence-electron chi connectivity index (χ2n) is 6.83. The second-order valence-corrected chi connectivity index (χ2v) is 7.64. The molecule has 0 spiro atoms. The van der Waals surface area contributed by atoms with Gasteiger partial charge in [-0.1, -0.05) is 61.2 Å². The Morgan fingerprint density at radius 3 is 1.52 bits per heavy atom. The van der Waals surface area contributed by atoms with Crippen LogP contribution in [0.1, 0.15) is 31.5 Å². The molecule has 3 heterocycles. The standard InChI is InChI=1S/C22H18Cl2N3/c1-14-18-12-7-13-19-15(2)26(21-11-6-4-9-17(21)24)22(27(18)19)25(14)20-10-5-3-8-16(20)23/h3-13,22H,1-2H3/q+3. The van der Waals surface area contributed by atoms with Gasteiger partial charge in [-0.15, -0.1) is 0 Å². The van der Waals surface area contributed by atoms with Gasteiger partial charge in [0.15, 0.2) is 0 Å². The fourth-order valence-corrected chi connectivity index (χ4v) is 4.66. The molecule has 0 atom stereocenters. The molecule has 0 fully saturated rings. The van der Waals surface area contributed by atoms with E-state index in [1.54, 1.807) is 0 Å². The molecule has 2 aliphatic heterocycles. The van der Waals surface area contributed by atoms with Crippen LogP contribution in [0.5, 0.6) is 0 Å². The number of hydrogen-bond acceptors (Lipinski definition) is 0. The van der Waals surface area contributed by atoms with E-state index in [1.807, 2.05) is 36.4 Å². The number of hydrogen-bond donors (Lipinski definition) is 0. The number of para-hydroxylation sites is 2. The van der Waals surface area contributed by atoms with Crippen LogP contribution in [0.25, 0.3) is 0 Å². The molecule has 3 nitrogen and oxygen atoms in total. The van der Waals surface area contributed by atoms with Gasteiger partial charge in [0.2, 0.25) is 11.4 Å². The maximum atomic E-state index is 6.60. The molecule has 0 unspecified atom stereocenters. The number of halogens is 2. The van der Waals surface area contributed by atoms with Crippen molar-refractivity contribution in [3.63, 3.8) is 0 Å². The lowest BCUT2D eigenvalue weighted by atomic mass is 10.2. The molecule has 5 rings (SSSR count). The lowest BCUT2D eigenvalue weighted by Gasteiger charge is -2.05. The van der Waals surface area contributed by atoms with E-state index in [2.05, 4.69) is 57.9 Å². The van der Waals surface area contributed by atoms with Gasteiger partial charge in [-0.25, -0.2) is 0 Å². The average molecular weight is 395 g/mol. The van der Waals surface area contributed by atoms with Crippen LogP contribution in [0.4, 0.5) is 11.4 Å². The van der Waals surface area contributed by atoms with E-state index in [1.165, 1.54) is 22.8 Å². The molecule has 5 heteroatoms. The predicted molar refractivity (Wildman–Crippen MR) is 108 cm³/mol. The lowest BCUT2D eigenvalue weighted by molar-refractivity contribution is -0.968. The van der Waals surface area contributed by atoms with Gasteiger partial charge in [-0.3, -0.25) is 0 Å². The van der Waals surface area contributed by atoms with Crippen LogP contribution in [-0.2, 0) is 0 Å². The highest BCUT2D eigenvalue weighted by Gasteiger charge is 2.61. The Labute approximate surface area is 168 Å². The van der Waals surface area contributed by atoms with Crippen molar-refractivity contribution in [2.75, 3.05) is 0 Å². The molecular weight excluding hydrogens is 377 g/mol. The summed E-state index contributed by atoms with van der Waals surface area (Å²) in [7, 11) is 0. The summed E-state index contributed by atoms with van der Waals surface area (Å²) in [5, 5.41) is 1.46. The number of benzene rings is 2. The van der Waals surface area contributed by atoms with Crippen molar-refractivity contribution in [2.45, 2.75) is 20.1 Å². The van der Waals surface area contributed by atoms with Gasteiger partial charge in [0.1, 0.15) is 10.0 Å². The Bertz CT molecular complexity index is 1090. The van der Waals surface area contributed by atoms with Crippen molar-refractivity contribution in [3.8, 4) is 0 Å². The summed E-state index contributed by atoms with van der Waals surface area (Å²) in [6.45, 7) is 4.29. The molecular formula is C22H18Cl2N3+3. The van der Waals surface area contributed by atoms with Gasteiger partial charge >= 0.3 is 6.29 Å². The summed E-state index contributed by atoms with van der Waals surface area (Å²) in [5.74, 6) is 0. The summed E-state index contributed by atoms with van der Waals surface area (Å²) in [4.78, 5) is 0. The number of nitrogens with zero attached hydrogens (tertiary/aromatic N) is 3. The molecule has 0 N–H and O–H groups in total. The maximum absolute atomic E-state index is 6.60. The normalized spacial score (nSPS) is 15.7. The maximum Gasteiger partial charge on any atom is 0.555 e. The van der Waals surface area contributed by atoms with Crippen LogP contribution in [0.2, 0.25) is 10.0 Å². The molecule has 0 saturated heterocycles. The smallest absolute Gasteiger partial charge is 0.0770 e. The zero-order valence-electron chi connectivity index (χ0n) is 15.0. The zero-order valence-corrected chi connectivity index (χ0v) is 16.5.